The first-order valence-corrected chi connectivity index (χ1v) is 6.56. The molecule has 2 heteroatoms. The highest BCUT2D eigenvalue weighted by molar-refractivity contribution is 4.93. The van der Waals surface area contributed by atoms with Gasteiger partial charge in [0.25, 0.3) is 0 Å². The molecule has 1 N–H and O–H groups in total. The molecule has 2 aliphatic rings. The molecule has 15 heavy (non-hydrogen) atoms. The van der Waals surface area contributed by atoms with Crippen LogP contribution in [0, 0.1) is 11.8 Å². The van der Waals surface area contributed by atoms with Gasteiger partial charge in [0.2, 0.25) is 0 Å². The predicted molar refractivity (Wildman–Crippen MR) is 65.0 cm³/mol. The van der Waals surface area contributed by atoms with Gasteiger partial charge in [0, 0.05) is 31.2 Å². The van der Waals surface area contributed by atoms with Gasteiger partial charge in [-0.15, -0.1) is 0 Å². The van der Waals surface area contributed by atoms with Crippen molar-refractivity contribution in [2.24, 2.45) is 11.8 Å². The zero-order valence-corrected chi connectivity index (χ0v) is 10.7. The fourth-order valence-electron chi connectivity index (χ4n) is 3.14. The van der Waals surface area contributed by atoms with Gasteiger partial charge < -0.3 is 5.32 Å². The highest BCUT2D eigenvalue weighted by Crippen LogP contribution is 2.37. The second kappa shape index (κ2) is 4.42. The lowest BCUT2D eigenvalue weighted by Crippen LogP contribution is -2.59. The molecule has 0 bridgehead atoms. The van der Waals surface area contributed by atoms with Crippen molar-refractivity contribution in [1.82, 2.24) is 10.2 Å². The largest absolute Gasteiger partial charge is 0.309 e. The number of rotatable bonds is 2. The summed E-state index contributed by atoms with van der Waals surface area (Å²) in [6, 6.07) is 2.24. The maximum atomic E-state index is 3.60. The van der Waals surface area contributed by atoms with E-state index in [2.05, 4.69) is 37.9 Å². The minimum atomic E-state index is 0.673. The van der Waals surface area contributed by atoms with E-state index < -0.39 is 0 Å². The molecular formula is C13H26N2. The van der Waals surface area contributed by atoms with Crippen molar-refractivity contribution in [3.8, 4) is 0 Å². The highest BCUT2D eigenvalue weighted by Gasteiger charge is 2.37. The lowest BCUT2D eigenvalue weighted by atomic mass is 9.72. The number of piperazine rings is 1. The smallest absolute Gasteiger partial charge is 0.0169 e. The Bertz CT molecular complexity index is 199. The molecule has 0 aromatic carbocycles. The molecule has 1 saturated heterocycles. The minimum Gasteiger partial charge on any atom is -0.309 e. The van der Waals surface area contributed by atoms with Crippen molar-refractivity contribution in [2.75, 3.05) is 13.1 Å². The van der Waals surface area contributed by atoms with Gasteiger partial charge in [0.05, 0.1) is 0 Å². The summed E-state index contributed by atoms with van der Waals surface area (Å²) in [5.74, 6) is 1.88. The summed E-state index contributed by atoms with van der Waals surface area (Å²) < 4.78 is 0. The van der Waals surface area contributed by atoms with Crippen LogP contribution in [0.15, 0.2) is 0 Å². The first kappa shape index (κ1) is 11.4. The van der Waals surface area contributed by atoms with Gasteiger partial charge in [0.15, 0.2) is 0 Å². The maximum absolute atomic E-state index is 3.60. The third kappa shape index (κ3) is 2.54. The van der Waals surface area contributed by atoms with Crippen LogP contribution >= 0.6 is 0 Å². The summed E-state index contributed by atoms with van der Waals surface area (Å²) in [6.07, 6.45) is 2.88. The molecule has 0 radical (unpaired) electrons. The van der Waals surface area contributed by atoms with Crippen molar-refractivity contribution in [3.63, 3.8) is 0 Å². The molecular weight excluding hydrogens is 184 g/mol. The Morgan fingerprint density at radius 2 is 1.60 bits per heavy atom. The molecule has 1 saturated carbocycles. The van der Waals surface area contributed by atoms with Crippen molar-refractivity contribution in [1.29, 1.82) is 0 Å². The summed E-state index contributed by atoms with van der Waals surface area (Å²) in [5.41, 5.74) is 0. The minimum absolute atomic E-state index is 0.673. The Morgan fingerprint density at radius 3 is 2.07 bits per heavy atom. The van der Waals surface area contributed by atoms with Gasteiger partial charge >= 0.3 is 0 Å². The van der Waals surface area contributed by atoms with Gasteiger partial charge in [-0.3, -0.25) is 4.90 Å². The average molecular weight is 210 g/mol. The number of nitrogens with zero attached hydrogens (tertiary/aromatic N) is 1. The van der Waals surface area contributed by atoms with Crippen LogP contribution in [0.25, 0.3) is 0 Å². The molecule has 88 valence electrons. The summed E-state index contributed by atoms with van der Waals surface area (Å²) in [7, 11) is 0. The summed E-state index contributed by atoms with van der Waals surface area (Å²) in [4.78, 5) is 2.71. The first-order chi connectivity index (χ1) is 7.06. The van der Waals surface area contributed by atoms with E-state index in [1.807, 2.05) is 0 Å². The number of hydrogen-bond donors (Lipinski definition) is 1. The molecule has 2 nitrogen and oxygen atoms in total. The fourth-order valence-corrected chi connectivity index (χ4v) is 3.14. The quantitative estimate of drug-likeness (QED) is 0.751. The van der Waals surface area contributed by atoms with Gasteiger partial charge in [0.1, 0.15) is 0 Å². The van der Waals surface area contributed by atoms with Crippen LogP contribution in [-0.2, 0) is 0 Å². The van der Waals surface area contributed by atoms with Crippen LogP contribution in [-0.4, -0.2) is 36.1 Å². The van der Waals surface area contributed by atoms with Crippen molar-refractivity contribution >= 4 is 0 Å². The lowest BCUT2D eigenvalue weighted by Gasteiger charge is -2.48. The van der Waals surface area contributed by atoms with Crippen molar-refractivity contribution in [3.05, 3.63) is 0 Å². The molecule has 2 rings (SSSR count). The molecule has 2 atom stereocenters. The molecule has 0 amide bonds. The van der Waals surface area contributed by atoms with E-state index in [1.54, 1.807) is 0 Å². The van der Waals surface area contributed by atoms with E-state index in [-0.39, 0.29) is 0 Å². The van der Waals surface area contributed by atoms with Crippen molar-refractivity contribution in [2.45, 2.75) is 58.7 Å². The molecule has 2 fully saturated rings. The highest BCUT2D eigenvalue weighted by atomic mass is 15.2. The Hall–Kier alpha value is -0.0800. The van der Waals surface area contributed by atoms with Crippen LogP contribution in [0.3, 0.4) is 0 Å². The van der Waals surface area contributed by atoms with Crippen LogP contribution in [0.4, 0.5) is 0 Å². The lowest BCUT2D eigenvalue weighted by molar-refractivity contribution is 0.0267. The molecule has 2 unspecified atom stereocenters. The third-order valence-electron chi connectivity index (χ3n) is 4.19. The Labute approximate surface area is 94.4 Å². The number of nitrogens with one attached hydrogen (secondary N) is 1. The predicted octanol–water partition coefficient (Wildman–Crippen LogP) is 2.10. The van der Waals surface area contributed by atoms with Crippen LogP contribution in [0.5, 0.6) is 0 Å². The van der Waals surface area contributed by atoms with E-state index in [0.717, 1.165) is 17.9 Å². The second-order valence-corrected chi connectivity index (χ2v) is 6.05. The monoisotopic (exact) mass is 210 g/mol. The SMILES string of the molecule is CC1CN(C2CC(C(C)C)C2)CC(C)N1. The number of hydrogen-bond acceptors (Lipinski definition) is 2. The topological polar surface area (TPSA) is 15.3 Å². The van der Waals surface area contributed by atoms with Crippen LogP contribution in [0.2, 0.25) is 0 Å². The summed E-state index contributed by atoms with van der Waals surface area (Å²) in [5, 5.41) is 3.60. The Kier molecular flexibility index (Phi) is 3.36. The zero-order valence-electron chi connectivity index (χ0n) is 10.7. The Morgan fingerprint density at radius 1 is 1.07 bits per heavy atom. The summed E-state index contributed by atoms with van der Waals surface area (Å²) >= 11 is 0. The maximum Gasteiger partial charge on any atom is 0.0169 e. The normalized spacial score (nSPS) is 43.0. The van der Waals surface area contributed by atoms with E-state index >= 15 is 0 Å². The van der Waals surface area contributed by atoms with Crippen LogP contribution < -0.4 is 5.32 Å². The molecule has 0 aromatic heterocycles. The molecule has 1 aliphatic heterocycles. The Balaban J connectivity index is 1.80. The van der Waals surface area contributed by atoms with Gasteiger partial charge in [-0.25, -0.2) is 0 Å². The standard InChI is InChI=1S/C13H26N2/c1-9(2)12-5-13(6-12)15-7-10(3)14-11(4)8-15/h9-14H,5-8H2,1-4H3. The van der Waals surface area contributed by atoms with Gasteiger partial charge in [-0.05, 0) is 38.5 Å². The molecule has 1 aliphatic carbocycles. The second-order valence-electron chi connectivity index (χ2n) is 6.05. The van der Waals surface area contributed by atoms with Gasteiger partial charge in [-0.2, -0.15) is 0 Å². The molecule has 0 spiro atoms. The van der Waals surface area contributed by atoms with Crippen LogP contribution in [0.1, 0.15) is 40.5 Å². The van der Waals surface area contributed by atoms with E-state index in [9.17, 15) is 0 Å². The first-order valence-electron chi connectivity index (χ1n) is 6.56. The van der Waals surface area contributed by atoms with E-state index in [0.29, 0.717) is 12.1 Å². The van der Waals surface area contributed by atoms with E-state index in [4.69, 9.17) is 0 Å². The fraction of sp³-hybridized carbons (Fsp3) is 1.00. The molecule has 0 aromatic rings. The zero-order chi connectivity index (χ0) is 11.0. The summed E-state index contributed by atoms with van der Waals surface area (Å²) in [6.45, 7) is 11.8. The third-order valence-corrected chi connectivity index (χ3v) is 4.19. The van der Waals surface area contributed by atoms with Crippen molar-refractivity contribution < 1.29 is 0 Å². The van der Waals surface area contributed by atoms with Gasteiger partial charge in [-0.1, -0.05) is 13.8 Å². The van der Waals surface area contributed by atoms with E-state index in [1.165, 1.54) is 25.9 Å². The average Bonchev–Trinajstić information content (AvgIpc) is 1.97. The molecule has 1 heterocycles.